The second kappa shape index (κ2) is 19.2. The van der Waals surface area contributed by atoms with Gasteiger partial charge in [0.25, 0.3) is 0 Å². The van der Waals surface area contributed by atoms with E-state index in [0.717, 1.165) is 39.1 Å². The van der Waals surface area contributed by atoms with Gasteiger partial charge in [0.2, 0.25) is 0 Å². The number of hydrogen-bond donors (Lipinski definition) is 0. The Bertz CT molecular complexity index is 175. The molecule has 0 rings (SSSR count). The van der Waals surface area contributed by atoms with Crippen LogP contribution in [0, 0.1) is 0 Å². The summed E-state index contributed by atoms with van der Waals surface area (Å²) < 4.78 is 32.9. The molecule has 0 aromatic heterocycles. The monoisotopic (exact) mass is 340 g/mol. The van der Waals surface area contributed by atoms with Crippen LogP contribution in [-0.2, 0) is 27.8 Å². The van der Waals surface area contributed by atoms with Crippen LogP contribution in [0.2, 0.25) is 0 Å². The van der Waals surface area contributed by atoms with E-state index in [2.05, 4.69) is 20.8 Å². The molecule has 0 saturated heterocycles. The molecule has 0 aliphatic carbocycles. The quantitative estimate of drug-likeness (QED) is 0.281. The Kier molecular flexibility index (Phi) is 19.4. The molecule has 0 spiro atoms. The summed E-state index contributed by atoms with van der Waals surface area (Å²) >= 11 is 0. The fourth-order valence-electron chi connectivity index (χ4n) is 1.36. The second-order valence-corrected chi connectivity index (χ2v) is 5.78. The van der Waals surface area contributed by atoms with Gasteiger partial charge in [-0.3, -0.25) is 0 Å². The molecule has 0 aromatic carbocycles. The Morgan fingerprint density at radius 3 is 1.05 bits per heavy atom. The van der Waals surface area contributed by atoms with Crippen LogP contribution in [-0.4, -0.2) is 59.5 Å². The van der Waals surface area contributed by atoms with E-state index < -0.39 is 8.60 Å². The summed E-state index contributed by atoms with van der Waals surface area (Å²) in [5, 5.41) is 0. The van der Waals surface area contributed by atoms with Crippen molar-refractivity contribution in [2.45, 2.75) is 40.0 Å². The Labute approximate surface area is 136 Å². The molecule has 0 fully saturated rings. The van der Waals surface area contributed by atoms with E-state index in [0.29, 0.717) is 39.6 Å². The van der Waals surface area contributed by atoms with Crippen LogP contribution in [0.15, 0.2) is 0 Å². The first-order chi connectivity index (χ1) is 10.8. The van der Waals surface area contributed by atoms with Crippen molar-refractivity contribution in [1.82, 2.24) is 0 Å². The number of rotatable bonds is 18. The third-order valence-electron chi connectivity index (χ3n) is 2.32. The number of ether oxygens (including phenoxy) is 3. The average molecular weight is 340 g/mol. The van der Waals surface area contributed by atoms with Crippen LogP contribution in [0.3, 0.4) is 0 Å². The normalized spacial score (nSPS) is 11.5. The summed E-state index contributed by atoms with van der Waals surface area (Å²) in [5.41, 5.74) is 0. The van der Waals surface area contributed by atoms with Gasteiger partial charge in [0.05, 0.1) is 39.6 Å². The van der Waals surface area contributed by atoms with Crippen LogP contribution in [0.1, 0.15) is 40.0 Å². The maximum Gasteiger partial charge on any atom is 0.332 e. The summed E-state index contributed by atoms with van der Waals surface area (Å²) in [6.07, 6.45) is 3.02. The molecule has 0 bridgehead atoms. The topological polar surface area (TPSA) is 55.4 Å². The summed E-state index contributed by atoms with van der Waals surface area (Å²) in [6, 6.07) is 0. The Morgan fingerprint density at radius 2 is 0.773 bits per heavy atom. The number of hydrogen-bond acceptors (Lipinski definition) is 6. The van der Waals surface area contributed by atoms with E-state index in [1.54, 1.807) is 0 Å². The van der Waals surface area contributed by atoms with Crippen LogP contribution in [0.5, 0.6) is 0 Å². The highest BCUT2D eigenvalue weighted by Gasteiger charge is 2.12. The van der Waals surface area contributed by atoms with E-state index >= 15 is 0 Å². The lowest BCUT2D eigenvalue weighted by Crippen LogP contribution is -2.09. The van der Waals surface area contributed by atoms with Crippen molar-refractivity contribution in [3.05, 3.63) is 0 Å². The van der Waals surface area contributed by atoms with Gasteiger partial charge >= 0.3 is 8.60 Å². The lowest BCUT2D eigenvalue weighted by Gasteiger charge is -2.17. The zero-order chi connectivity index (χ0) is 16.3. The molecule has 0 radical (unpaired) electrons. The van der Waals surface area contributed by atoms with Gasteiger partial charge in [-0.25, -0.2) is 0 Å². The third kappa shape index (κ3) is 16.6. The van der Waals surface area contributed by atoms with E-state index in [-0.39, 0.29) is 0 Å². The Morgan fingerprint density at radius 1 is 0.455 bits per heavy atom. The first kappa shape index (κ1) is 22.2. The molecule has 0 heterocycles. The molecule has 0 saturated carbocycles. The first-order valence-electron chi connectivity index (χ1n) is 8.27. The lowest BCUT2D eigenvalue weighted by atomic mass is 10.5. The van der Waals surface area contributed by atoms with Crippen molar-refractivity contribution in [1.29, 1.82) is 0 Å². The minimum Gasteiger partial charge on any atom is -0.379 e. The standard InChI is InChI=1S/C15H33O6P/c1-4-7-16-10-13-19-22(20-14-11-17-8-5-2)21-15-12-18-9-6-3/h4-15H2,1-3H3. The van der Waals surface area contributed by atoms with Gasteiger partial charge in [-0.2, -0.15) is 0 Å². The average Bonchev–Trinajstić information content (AvgIpc) is 2.53. The van der Waals surface area contributed by atoms with Crippen molar-refractivity contribution < 1.29 is 27.8 Å². The smallest absolute Gasteiger partial charge is 0.332 e. The van der Waals surface area contributed by atoms with Gasteiger partial charge in [-0.15, -0.1) is 0 Å². The van der Waals surface area contributed by atoms with E-state index in [1.165, 1.54) is 0 Å². The fourth-order valence-corrected chi connectivity index (χ4v) is 2.26. The van der Waals surface area contributed by atoms with Gasteiger partial charge in [0.15, 0.2) is 0 Å². The maximum absolute atomic E-state index is 5.59. The minimum atomic E-state index is -1.36. The van der Waals surface area contributed by atoms with Crippen molar-refractivity contribution in [2.75, 3.05) is 59.5 Å². The van der Waals surface area contributed by atoms with Crippen molar-refractivity contribution in [3.63, 3.8) is 0 Å². The molecule has 0 atom stereocenters. The predicted octanol–water partition coefficient (Wildman–Crippen LogP) is 3.54. The van der Waals surface area contributed by atoms with E-state index in [1.807, 2.05) is 0 Å². The molecule has 0 aromatic rings. The van der Waals surface area contributed by atoms with Gasteiger partial charge < -0.3 is 27.8 Å². The molecule has 0 amide bonds. The summed E-state index contributed by atoms with van der Waals surface area (Å²) in [7, 11) is -1.36. The zero-order valence-electron chi connectivity index (χ0n) is 14.4. The van der Waals surface area contributed by atoms with Gasteiger partial charge in [0, 0.05) is 19.8 Å². The largest absolute Gasteiger partial charge is 0.379 e. The minimum absolute atomic E-state index is 0.470. The Hall–Kier alpha value is 0.190. The van der Waals surface area contributed by atoms with Gasteiger partial charge in [-0.1, -0.05) is 20.8 Å². The zero-order valence-corrected chi connectivity index (χ0v) is 15.3. The Balaban J connectivity index is 3.72. The molecular weight excluding hydrogens is 307 g/mol. The molecular formula is C15H33O6P. The molecule has 0 N–H and O–H groups in total. The summed E-state index contributed by atoms with van der Waals surface area (Å²) in [6.45, 7) is 11.5. The highest BCUT2D eigenvalue weighted by Crippen LogP contribution is 2.39. The highest BCUT2D eigenvalue weighted by molar-refractivity contribution is 7.41. The van der Waals surface area contributed by atoms with Crippen LogP contribution in [0.25, 0.3) is 0 Å². The highest BCUT2D eigenvalue weighted by atomic mass is 31.2. The van der Waals surface area contributed by atoms with Crippen LogP contribution >= 0.6 is 8.60 Å². The first-order valence-corrected chi connectivity index (χ1v) is 9.36. The van der Waals surface area contributed by atoms with Gasteiger partial charge in [0.1, 0.15) is 0 Å². The molecule has 134 valence electrons. The summed E-state index contributed by atoms with van der Waals surface area (Å²) in [4.78, 5) is 0. The SMILES string of the molecule is CCCOCCOP(OCCOCCC)OCCOCCC. The van der Waals surface area contributed by atoms with Crippen molar-refractivity contribution >= 4 is 8.60 Å². The third-order valence-corrected chi connectivity index (χ3v) is 3.50. The molecule has 6 nitrogen and oxygen atoms in total. The van der Waals surface area contributed by atoms with E-state index in [4.69, 9.17) is 27.8 Å². The molecule has 0 unspecified atom stereocenters. The maximum atomic E-state index is 5.59. The van der Waals surface area contributed by atoms with Gasteiger partial charge in [-0.05, 0) is 19.3 Å². The second-order valence-electron chi connectivity index (χ2n) is 4.56. The van der Waals surface area contributed by atoms with Crippen LogP contribution < -0.4 is 0 Å². The summed E-state index contributed by atoms with van der Waals surface area (Å²) in [5.74, 6) is 0. The van der Waals surface area contributed by atoms with Crippen LogP contribution in [0.4, 0.5) is 0 Å². The fraction of sp³-hybridized carbons (Fsp3) is 1.00. The molecule has 0 aliphatic rings. The van der Waals surface area contributed by atoms with E-state index in [9.17, 15) is 0 Å². The molecule has 22 heavy (non-hydrogen) atoms. The molecule has 0 aliphatic heterocycles. The van der Waals surface area contributed by atoms with Crippen molar-refractivity contribution in [2.24, 2.45) is 0 Å². The molecule has 7 heteroatoms. The predicted molar refractivity (Wildman–Crippen MR) is 88.1 cm³/mol. The lowest BCUT2D eigenvalue weighted by molar-refractivity contribution is 0.0530. The van der Waals surface area contributed by atoms with Crippen molar-refractivity contribution in [3.8, 4) is 0 Å².